The van der Waals surface area contributed by atoms with Crippen molar-refractivity contribution in [3.8, 4) is 11.1 Å². The molecule has 0 radical (unpaired) electrons. The summed E-state index contributed by atoms with van der Waals surface area (Å²) in [6.07, 6.45) is 9.71. The first-order valence-corrected chi connectivity index (χ1v) is 10.9. The number of benzene rings is 1. The van der Waals surface area contributed by atoms with Crippen molar-refractivity contribution >= 4 is 29.4 Å². The number of nitrogens with zero attached hydrogens (tertiary/aromatic N) is 5. The van der Waals surface area contributed by atoms with Gasteiger partial charge in [-0.3, -0.25) is 9.67 Å². The van der Waals surface area contributed by atoms with E-state index in [0.717, 1.165) is 16.7 Å². The maximum Gasteiger partial charge on any atom is 0.328 e. The lowest BCUT2D eigenvalue weighted by Crippen LogP contribution is -2.09. The van der Waals surface area contributed by atoms with Gasteiger partial charge in [0.1, 0.15) is 23.3 Å². The number of pyridine rings is 1. The smallest absolute Gasteiger partial charge is 0.328 e. The maximum absolute atomic E-state index is 13.2. The number of rotatable bonds is 8. The summed E-state index contributed by atoms with van der Waals surface area (Å²) < 4.78 is 15.0. The summed E-state index contributed by atoms with van der Waals surface area (Å²) in [5, 5.41) is 26.4. The zero-order valence-electron chi connectivity index (χ0n) is 19.9. The molecule has 4 rings (SSSR count). The third kappa shape index (κ3) is 8.55. The first-order chi connectivity index (χ1) is 17.7. The Morgan fingerprint density at radius 1 is 0.973 bits per heavy atom. The molecular formula is C25H24FN7O4. The highest BCUT2D eigenvalue weighted by Crippen LogP contribution is 2.28. The molecule has 0 saturated carbocycles. The van der Waals surface area contributed by atoms with Crippen LogP contribution in [0.4, 0.5) is 21.8 Å². The fourth-order valence-corrected chi connectivity index (χ4v) is 3.10. The molecule has 0 fully saturated rings. The molecule has 3 heterocycles. The Hall–Kier alpha value is -5.13. The zero-order valence-corrected chi connectivity index (χ0v) is 19.9. The third-order valence-electron chi connectivity index (χ3n) is 4.79. The molecule has 0 aliphatic carbocycles. The lowest BCUT2D eigenvalue weighted by Gasteiger charge is -2.17. The molecule has 0 aliphatic rings. The highest BCUT2D eigenvalue weighted by molar-refractivity contribution is 5.89. The summed E-state index contributed by atoms with van der Waals surface area (Å²) >= 11 is 0. The Labute approximate surface area is 211 Å². The van der Waals surface area contributed by atoms with Crippen LogP contribution in [0.2, 0.25) is 0 Å². The monoisotopic (exact) mass is 505 g/mol. The number of carboxylic acids is 2. The van der Waals surface area contributed by atoms with E-state index in [1.807, 2.05) is 32.3 Å². The second-order valence-electron chi connectivity index (χ2n) is 7.67. The van der Waals surface area contributed by atoms with Gasteiger partial charge in [-0.1, -0.05) is 12.1 Å². The normalized spacial score (nSPS) is 11.3. The average Bonchev–Trinajstić information content (AvgIpc) is 3.30. The van der Waals surface area contributed by atoms with E-state index >= 15 is 0 Å². The van der Waals surface area contributed by atoms with E-state index in [1.165, 1.54) is 12.1 Å². The topological polar surface area (TPSA) is 155 Å². The van der Waals surface area contributed by atoms with Gasteiger partial charge in [0.05, 0.1) is 12.4 Å². The van der Waals surface area contributed by atoms with Crippen LogP contribution in [0.3, 0.4) is 0 Å². The Balaban J connectivity index is 0.000000414. The summed E-state index contributed by atoms with van der Waals surface area (Å²) in [7, 11) is 1.87. The molecule has 1 atom stereocenters. The molecular weight excluding hydrogens is 481 g/mol. The van der Waals surface area contributed by atoms with Gasteiger partial charge in [-0.2, -0.15) is 5.10 Å². The minimum absolute atomic E-state index is 0.0587. The van der Waals surface area contributed by atoms with Crippen molar-refractivity contribution < 1.29 is 24.2 Å². The van der Waals surface area contributed by atoms with E-state index in [1.54, 1.807) is 41.6 Å². The number of hydrogen-bond acceptors (Lipinski definition) is 8. The van der Waals surface area contributed by atoms with Crippen LogP contribution in [0.5, 0.6) is 0 Å². The Bertz CT molecular complexity index is 1360. The molecule has 3 aromatic heterocycles. The van der Waals surface area contributed by atoms with Gasteiger partial charge in [0.25, 0.3) is 0 Å². The summed E-state index contributed by atoms with van der Waals surface area (Å²) in [6.45, 7) is 2.00. The fourth-order valence-electron chi connectivity index (χ4n) is 3.10. The highest BCUT2D eigenvalue weighted by Gasteiger charge is 2.11. The number of hydrogen-bond donors (Lipinski definition) is 4. The van der Waals surface area contributed by atoms with Gasteiger partial charge in [0.15, 0.2) is 0 Å². The predicted octanol–water partition coefficient (Wildman–Crippen LogP) is 4.04. The van der Waals surface area contributed by atoms with E-state index in [0.29, 0.717) is 29.6 Å². The van der Waals surface area contributed by atoms with Gasteiger partial charge < -0.3 is 20.8 Å². The van der Waals surface area contributed by atoms with Crippen LogP contribution in [0, 0.1) is 5.82 Å². The zero-order chi connectivity index (χ0) is 26.8. The summed E-state index contributed by atoms with van der Waals surface area (Å²) in [5.74, 6) is -0.871. The number of aryl methyl sites for hydroxylation is 1. The average molecular weight is 506 g/mol. The Morgan fingerprint density at radius 2 is 1.65 bits per heavy atom. The first-order valence-electron chi connectivity index (χ1n) is 10.9. The second-order valence-corrected chi connectivity index (χ2v) is 7.67. The summed E-state index contributed by atoms with van der Waals surface area (Å²) in [6, 6.07) is 10.3. The molecule has 37 heavy (non-hydrogen) atoms. The number of nitrogens with one attached hydrogen (secondary N) is 2. The molecule has 0 spiro atoms. The van der Waals surface area contributed by atoms with Gasteiger partial charge >= 0.3 is 11.9 Å². The van der Waals surface area contributed by atoms with Crippen molar-refractivity contribution in [3.63, 3.8) is 0 Å². The van der Waals surface area contributed by atoms with Gasteiger partial charge in [-0.15, -0.1) is 0 Å². The molecule has 0 amide bonds. The van der Waals surface area contributed by atoms with Crippen molar-refractivity contribution in [2.24, 2.45) is 7.05 Å². The lowest BCUT2D eigenvalue weighted by molar-refractivity contribution is -0.134. The van der Waals surface area contributed by atoms with Gasteiger partial charge in [0, 0.05) is 49.4 Å². The number of carboxylic acid groups (broad SMARTS) is 2. The summed E-state index contributed by atoms with van der Waals surface area (Å²) in [4.78, 5) is 32.1. The number of aromatic nitrogens is 5. The second kappa shape index (κ2) is 12.5. The number of carbonyl (C=O) groups is 2. The van der Waals surface area contributed by atoms with Crippen LogP contribution in [0.25, 0.3) is 11.1 Å². The first kappa shape index (κ1) is 26.5. The maximum atomic E-state index is 13.2. The molecule has 12 heteroatoms. The molecule has 1 unspecified atom stereocenters. The van der Waals surface area contributed by atoms with E-state index < -0.39 is 11.9 Å². The molecule has 1 aromatic carbocycles. The molecule has 190 valence electrons. The molecule has 4 N–H and O–H groups in total. The van der Waals surface area contributed by atoms with Crippen molar-refractivity contribution in [2.75, 3.05) is 10.6 Å². The van der Waals surface area contributed by atoms with Crippen LogP contribution in [-0.4, -0.2) is 46.9 Å². The van der Waals surface area contributed by atoms with Gasteiger partial charge in [-0.05, 0) is 42.3 Å². The summed E-state index contributed by atoms with van der Waals surface area (Å²) in [5.41, 5.74) is 2.88. The van der Waals surface area contributed by atoms with Crippen molar-refractivity contribution in [1.29, 1.82) is 0 Å². The number of anilines is 3. The Kier molecular flexibility index (Phi) is 8.97. The molecule has 4 aromatic rings. The SMILES string of the molecule is CC(Nc1cc(-c2cnn(C)c2)cc(Nc2cnccn2)n1)c1ccc(F)cc1.O=C(O)/C=C\C(=O)O. The highest BCUT2D eigenvalue weighted by atomic mass is 19.1. The lowest BCUT2D eigenvalue weighted by atomic mass is 10.1. The minimum Gasteiger partial charge on any atom is -0.478 e. The van der Waals surface area contributed by atoms with Crippen LogP contribution in [0.1, 0.15) is 18.5 Å². The number of halogens is 1. The minimum atomic E-state index is -1.26. The van der Waals surface area contributed by atoms with Crippen LogP contribution in [0.15, 0.2) is 79.5 Å². The molecule has 0 saturated heterocycles. The van der Waals surface area contributed by atoms with Gasteiger partial charge in [0.2, 0.25) is 0 Å². The van der Waals surface area contributed by atoms with Crippen LogP contribution in [-0.2, 0) is 16.6 Å². The molecule has 0 aliphatic heterocycles. The van der Waals surface area contributed by atoms with Gasteiger partial charge in [-0.25, -0.2) is 23.9 Å². The standard InChI is InChI=1S/C21H20FN7.C4H4O4/c1-14(15-3-5-18(22)6-4-15)26-19-9-16(17-11-25-29(2)13-17)10-20(27-19)28-21-12-23-7-8-24-21;5-3(6)1-2-4(7)8/h3-14H,1-2H3,(H2,24,26,27,28);1-2H,(H,5,6)(H,7,8)/b;2-1-. The van der Waals surface area contributed by atoms with Crippen molar-refractivity contribution in [2.45, 2.75) is 13.0 Å². The van der Waals surface area contributed by atoms with E-state index in [9.17, 15) is 14.0 Å². The largest absolute Gasteiger partial charge is 0.478 e. The van der Waals surface area contributed by atoms with Crippen LogP contribution < -0.4 is 10.6 Å². The quantitative estimate of drug-likeness (QED) is 0.258. The molecule has 11 nitrogen and oxygen atoms in total. The Morgan fingerprint density at radius 3 is 2.22 bits per heavy atom. The number of aliphatic carboxylic acids is 2. The van der Waals surface area contributed by atoms with Crippen molar-refractivity contribution in [1.82, 2.24) is 24.7 Å². The molecule has 0 bridgehead atoms. The van der Waals surface area contributed by atoms with E-state index in [-0.39, 0.29) is 11.9 Å². The third-order valence-corrected chi connectivity index (χ3v) is 4.79. The fraction of sp³-hybridized carbons (Fsp3) is 0.120. The van der Waals surface area contributed by atoms with Crippen LogP contribution >= 0.6 is 0 Å². The van der Waals surface area contributed by atoms with E-state index in [2.05, 4.69) is 30.7 Å². The van der Waals surface area contributed by atoms with E-state index in [4.69, 9.17) is 10.2 Å². The van der Waals surface area contributed by atoms with Crippen molar-refractivity contribution in [3.05, 3.63) is 90.9 Å². The predicted molar refractivity (Wildman–Crippen MR) is 135 cm³/mol.